The number of methoxy groups -OCH3 is 3. The summed E-state index contributed by atoms with van der Waals surface area (Å²) >= 11 is 0. The summed E-state index contributed by atoms with van der Waals surface area (Å²) in [7, 11) is 4.64. The van der Waals surface area contributed by atoms with E-state index in [1.807, 2.05) is 19.1 Å². The number of aliphatic hydroxyl groups is 1. The Morgan fingerprint density at radius 3 is 2.48 bits per heavy atom. The van der Waals surface area contributed by atoms with Gasteiger partial charge in [-0.25, -0.2) is 0 Å². The Labute approximate surface area is 188 Å². The van der Waals surface area contributed by atoms with Crippen molar-refractivity contribution in [2.45, 2.75) is 83.9 Å². The first-order chi connectivity index (χ1) is 14.7. The molecular weight excluding hydrogens is 396 g/mol. The molecule has 7 atom stereocenters. The molecule has 31 heavy (non-hydrogen) atoms. The fourth-order valence-electron chi connectivity index (χ4n) is 4.13. The fraction of sp³-hybridized carbons (Fsp3) is 0.720. The summed E-state index contributed by atoms with van der Waals surface area (Å²) in [6.45, 7) is 8.19. The summed E-state index contributed by atoms with van der Waals surface area (Å²) in [4.78, 5) is 11.6. The number of esters is 1. The summed E-state index contributed by atoms with van der Waals surface area (Å²) in [6.07, 6.45) is 12.1. The molecule has 6 heteroatoms. The summed E-state index contributed by atoms with van der Waals surface area (Å²) in [5.41, 5.74) is 1.07. The third kappa shape index (κ3) is 9.69. The van der Waals surface area contributed by atoms with Crippen LogP contribution in [0.5, 0.6) is 0 Å². The number of hydrogen-bond donors (Lipinski definition) is 1. The highest BCUT2D eigenvalue weighted by Gasteiger charge is 2.30. The highest BCUT2D eigenvalue weighted by atomic mass is 16.6. The minimum absolute atomic E-state index is 0.118. The maximum atomic E-state index is 11.6. The smallest absolute Gasteiger partial charge is 0.308 e. The van der Waals surface area contributed by atoms with Gasteiger partial charge in [-0.2, -0.15) is 0 Å². The van der Waals surface area contributed by atoms with E-state index in [2.05, 4.69) is 32.1 Å². The van der Waals surface area contributed by atoms with E-state index in [9.17, 15) is 9.90 Å². The lowest BCUT2D eigenvalue weighted by Crippen LogP contribution is -2.38. The minimum atomic E-state index is -0.456. The van der Waals surface area contributed by atoms with E-state index in [1.54, 1.807) is 21.1 Å². The predicted molar refractivity (Wildman–Crippen MR) is 123 cm³/mol. The first kappa shape index (κ1) is 27.6. The van der Waals surface area contributed by atoms with E-state index < -0.39 is 6.10 Å². The lowest BCUT2D eigenvalue weighted by atomic mass is 9.88. The van der Waals surface area contributed by atoms with Gasteiger partial charge in [-0.3, -0.25) is 4.79 Å². The molecule has 178 valence electrons. The van der Waals surface area contributed by atoms with Crippen LogP contribution in [-0.2, 0) is 23.7 Å². The van der Waals surface area contributed by atoms with Crippen LogP contribution in [0.25, 0.3) is 0 Å². The average molecular weight is 439 g/mol. The zero-order valence-electron chi connectivity index (χ0n) is 20.2. The van der Waals surface area contributed by atoms with Crippen molar-refractivity contribution in [3.8, 4) is 0 Å². The molecule has 0 saturated heterocycles. The quantitative estimate of drug-likeness (QED) is 0.264. The van der Waals surface area contributed by atoms with Gasteiger partial charge in [-0.1, -0.05) is 44.2 Å². The number of allylic oxidation sites excluding steroid dienone is 3. The van der Waals surface area contributed by atoms with Crippen LogP contribution in [0, 0.1) is 11.8 Å². The molecule has 1 unspecified atom stereocenters. The van der Waals surface area contributed by atoms with Gasteiger partial charge in [0.2, 0.25) is 0 Å². The number of aliphatic hydroxyl groups excluding tert-OH is 1. The molecule has 1 aliphatic rings. The number of rotatable bonds is 13. The summed E-state index contributed by atoms with van der Waals surface area (Å²) < 4.78 is 21.7. The number of carbonyl (C=O) groups is 1. The molecule has 0 aromatic rings. The Morgan fingerprint density at radius 2 is 1.90 bits per heavy atom. The molecule has 6 nitrogen and oxygen atoms in total. The van der Waals surface area contributed by atoms with Crippen molar-refractivity contribution in [3.63, 3.8) is 0 Å². The van der Waals surface area contributed by atoms with Crippen molar-refractivity contribution < 1.29 is 28.8 Å². The lowest BCUT2D eigenvalue weighted by molar-refractivity contribution is -0.147. The van der Waals surface area contributed by atoms with E-state index in [4.69, 9.17) is 18.9 Å². The van der Waals surface area contributed by atoms with Crippen LogP contribution in [0.1, 0.15) is 53.4 Å². The Bertz CT molecular complexity index is 609. The van der Waals surface area contributed by atoms with Crippen molar-refractivity contribution >= 4 is 5.97 Å². The maximum absolute atomic E-state index is 11.6. The van der Waals surface area contributed by atoms with Gasteiger partial charge in [0.25, 0.3) is 0 Å². The second-order valence-corrected chi connectivity index (χ2v) is 8.64. The Balaban J connectivity index is 2.51. The number of carbonyl (C=O) groups excluding carboxylic acids is 1. The molecule has 0 aliphatic carbocycles. The van der Waals surface area contributed by atoms with E-state index in [0.717, 1.165) is 24.8 Å². The highest BCUT2D eigenvalue weighted by molar-refractivity contribution is 5.70. The molecule has 1 N–H and O–H groups in total. The van der Waals surface area contributed by atoms with Crippen LogP contribution in [0.4, 0.5) is 0 Å². The van der Waals surface area contributed by atoms with Crippen LogP contribution in [0.2, 0.25) is 0 Å². The van der Waals surface area contributed by atoms with Crippen molar-refractivity contribution in [1.82, 2.24) is 0 Å². The van der Waals surface area contributed by atoms with Crippen molar-refractivity contribution in [2.75, 3.05) is 21.3 Å². The van der Waals surface area contributed by atoms with Crippen LogP contribution in [0.3, 0.4) is 0 Å². The van der Waals surface area contributed by atoms with Gasteiger partial charge in [-0.15, -0.1) is 0 Å². The van der Waals surface area contributed by atoms with Gasteiger partial charge in [0.05, 0.1) is 37.9 Å². The Morgan fingerprint density at radius 1 is 1.19 bits per heavy atom. The first-order valence-corrected chi connectivity index (χ1v) is 11.2. The third-order valence-electron chi connectivity index (χ3n) is 5.88. The molecule has 1 aliphatic heterocycles. The standard InChI is InChI=1S/C25H42O6/c1-17(15-19(3)25(30-7)20(4)26)11-9-8-10-12-18(2)21-13-14-22(28-5)23(31-21)16-24(27)29-6/h8,10,12-14,17,19-23,25-26H,9,11,15-16H2,1-7H3/b10-8+,18-12+/t17?,19-,20+,21-,22-,23-,25+/m0/s1. The van der Waals surface area contributed by atoms with Crippen LogP contribution >= 0.6 is 0 Å². The fourth-order valence-corrected chi connectivity index (χ4v) is 4.13. The second-order valence-electron chi connectivity index (χ2n) is 8.64. The lowest BCUT2D eigenvalue weighted by Gasteiger charge is -2.31. The summed E-state index contributed by atoms with van der Waals surface area (Å²) in [5.74, 6) is 0.558. The molecular formula is C25H42O6. The average Bonchev–Trinajstić information content (AvgIpc) is 2.73. The normalized spacial score (nSPS) is 25.9. The maximum Gasteiger partial charge on any atom is 0.308 e. The molecule has 1 heterocycles. The van der Waals surface area contributed by atoms with Crippen LogP contribution in [0.15, 0.2) is 36.0 Å². The second kappa shape index (κ2) is 14.6. The van der Waals surface area contributed by atoms with Crippen LogP contribution in [-0.4, -0.2) is 62.9 Å². The van der Waals surface area contributed by atoms with Gasteiger partial charge in [0, 0.05) is 14.2 Å². The minimum Gasteiger partial charge on any atom is -0.469 e. The number of hydrogen-bond acceptors (Lipinski definition) is 6. The van der Waals surface area contributed by atoms with Gasteiger partial charge >= 0.3 is 5.97 Å². The zero-order valence-corrected chi connectivity index (χ0v) is 20.2. The van der Waals surface area contributed by atoms with Crippen LogP contribution < -0.4 is 0 Å². The first-order valence-electron chi connectivity index (χ1n) is 11.2. The zero-order chi connectivity index (χ0) is 23.4. The molecule has 0 amide bonds. The topological polar surface area (TPSA) is 74.2 Å². The molecule has 0 saturated carbocycles. The summed E-state index contributed by atoms with van der Waals surface area (Å²) in [6, 6.07) is 0. The molecule has 0 spiro atoms. The molecule has 0 bridgehead atoms. The largest absolute Gasteiger partial charge is 0.469 e. The SMILES string of the molecule is COC(=O)C[C@@H]1O[C@H](/C(C)=C/C=C/CCC(C)C[C@H](C)[C@@H](OC)[C@@H](C)O)C=C[C@@H]1OC. The molecule has 0 radical (unpaired) electrons. The molecule has 1 rings (SSSR count). The van der Waals surface area contributed by atoms with Crippen molar-refractivity contribution in [2.24, 2.45) is 11.8 Å². The predicted octanol–water partition coefficient (Wildman–Crippen LogP) is 4.23. The van der Waals surface area contributed by atoms with E-state index in [1.165, 1.54) is 7.11 Å². The number of ether oxygens (including phenoxy) is 4. The van der Waals surface area contributed by atoms with E-state index in [-0.39, 0.29) is 36.8 Å². The third-order valence-corrected chi connectivity index (χ3v) is 5.88. The molecule has 0 aromatic heterocycles. The van der Waals surface area contributed by atoms with E-state index >= 15 is 0 Å². The van der Waals surface area contributed by atoms with Gasteiger partial charge in [-0.05, 0) is 50.5 Å². The highest BCUT2D eigenvalue weighted by Crippen LogP contribution is 2.24. The Hall–Kier alpha value is -1.47. The van der Waals surface area contributed by atoms with Gasteiger partial charge < -0.3 is 24.1 Å². The van der Waals surface area contributed by atoms with Gasteiger partial charge in [0.15, 0.2) is 0 Å². The molecule has 0 aromatic carbocycles. The van der Waals surface area contributed by atoms with Crippen molar-refractivity contribution in [1.29, 1.82) is 0 Å². The Kier molecular flexibility index (Phi) is 13.0. The molecule has 0 fully saturated rings. The monoisotopic (exact) mass is 438 g/mol. The summed E-state index contributed by atoms with van der Waals surface area (Å²) in [5, 5.41) is 9.81. The van der Waals surface area contributed by atoms with Crippen molar-refractivity contribution in [3.05, 3.63) is 36.0 Å². The van der Waals surface area contributed by atoms with Gasteiger partial charge in [0.1, 0.15) is 6.10 Å². The van der Waals surface area contributed by atoms with E-state index in [0.29, 0.717) is 11.8 Å².